The molecule has 0 aliphatic rings. The fourth-order valence-corrected chi connectivity index (χ4v) is 2.21. The Labute approximate surface area is 146 Å². The molecular weight excluding hydrogens is 421 g/mol. The van der Waals surface area contributed by atoms with E-state index in [-0.39, 0.29) is 6.61 Å². The SMILES string of the molecule is CCOC(=O)c1c(C(F)(F)F)nc(C(F)F)c(C(=O)OC)c1C=CBr. The van der Waals surface area contributed by atoms with Crippen LogP contribution in [0.25, 0.3) is 6.08 Å². The largest absolute Gasteiger partial charge is 0.465 e. The molecule has 1 heterocycles. The van der Waals surface area contributed by atoms with E-state index in [1.807, 2.05) is 0 Å². The van der Waals surface area contributed by atoms with Gasteiger partial charge in [-0.3, -0.25) is 0 Å². The zero-order chi connectivity index (χ0) is 19.4. The summed E-state index contributed by atoms with van der Waals surface area (Å²) in [4.78, 5) is 27.7. The fourth-order valence-electron chi connectivity index (χ4n) is 1.94. The number of rotatable bonds is 5. The Hall–Kier alpha value is -2.04. The number of alkyl halides is 5. The molecule has 0 atom stereocenters. The molecule has 25 heavy (non-hydrogen) atoms. The first-order chi connectivity index (χ1) is 11.6. The Kier molecular flexibility index (Phi) is 7.03. The van der Waals surface area contributed by atoms with Gasteiger partial charge in [0.2, 0.25) is 0 Å². The van der Waals surface area contributed by atoms with Gasteiger partial charge in [-0.15, -0.1) is 0 Å². The van der Waals surface area contributed by atoms with Gasteiger partial charge in [0.25, 0.3) is 6.43 Å². The van der Waals surface area contributed by atoms with Crippen molar-refractivity contribution in [3.8, 4) is 0 Å². The van der Waals surface area contributed by atoms with Gasteiger partial charge in [-0.2, -0.15) is 13.2 Å². The third kappa shape index (κ3) is 4.53. The van der Waals surface area contributed by atoms with Gasteiger partial charge in [0.15, 0.2) is 5.69 Å². The standard InChI is InChI=1S/C14H11BrF5NO4/c1-3-25-13(23)8-6(4-5-15)7(12(22)24-2)9(11(16)17)21-10(8)14(18,19)20/h4-5,11H,3H2,1-2H3. The lowest BCUT2D eigenvalue weighted by atomic mass is 9.97. The van der Waals surface area contributed by atoms with Crippen LogP contribution < -0.4 is 0 Å². The van der Waals surface area contributed by atoms with Crippen LogP contribution in [0, 0.1) is 0 Å². The molecule has 0 aliphatic heterocycles. The second-order valence-electron chi connectivity index (χ2n) is 4.31. The molecule has 0 aromatic carbocycles. The third-order valence-corrected chi connectivity index (χ3v) is 3.10. The van der Waals surface area contributed by atoms with Crippen LogP contribution in [0.3, 0.4) is 0 Å². The second kappa shape index (κ2) is 8.37. The monoisotopic (exact) mass is 431 g/mol. The van der Waals surface area contributed by atoms with E-state index in [2.05, 4.69) is 30.4 Å². The molecule has 138 valence electrons. The number of methoxy groups -OCH3 is 1. The van der Waals surface area contributed by atoms with Gasteiger partial charge in [-0.1, -0.05) is 15.9 Å². The Balaban J connectivity index is 4.06. The van der Waals surface area contributed by atoms with E-state index in [1.165, 1.54) is 6.92 Å². The maximum Gasteiger partial charge on any atom is 0.434 e. The minimum absolute atomic E-state index is 0.280. The van der Waals surface area contributed by atoms with Gasteiger partial charge in [0.05, 0.1) is 24.8 Å². The lowest BCUT2D eigenvalue weighted by molar-refractivity contribution is -0.142. The number of ether oxygens (including phenoxy) is 2. The summed E-state index contributed by atoms with van der Waals surface area (Å²) < 4.78 is 75.1. The number of nitrogens with zero attached hydrogens (tertiary/aromatic N) is 1. The van der Waals surface area contributed by atoms with Gasteiger partial charge in [-0.05, 0) is 18.0 Å². The Morgan fingerprint density at radius 1 is 1.24 bits per heavy atom. The molecule has 0 aliphatic carbocycles. The maximum atomic E-state index is 13.3. The number of aromatic nitrogens is 1. The summed E-state index contributed by atoms with van der Waals surface area (Å²) in [5.41, 5.74) is -6.18. The van der Waals surface area contributed by atoms with Gasteiger partial charge >= 0.3 is 18.1 Å². The molecular formula is C14H11BrF5NO4. The molecule has 0 N–H and O–H groups in total. The predicted octanol–water partition coefficient (Wildman–Crippen LogP) is 4.37. The summed E-state index contributed by atoms with van der Waals surface area (Å²) in [6.45, 7) is 1.06. The van der Waals surface area contributed by atoms with Gasteiger partial charge in [0, 0.05) is 5.56 Å². The molecule has 0 radical (unpaired) electrons. The molecule has 0 amide bonds. The molecule has 11 heteroatoms. The van der Waals surface area contributed by atoms with Gasteiger partial charge < -0.3 is 9.47 Å². The molecule has 0 bridgehead atoms. The summed E-state index contributed by atoms with van der Waals surface area (Å²) in [5, 5.41) is 0. The highest BCUT2D eigenvalue weighted by Gasteiger charge is 2.42. The average molecular weight is 432 g/mol. The first-order valence-corrected chi connectivity index (χ1v) is 7.47. The Morgan fingerprint density at radius 3 is 2.24 bits per heavy atom. The van der Waals surface area contributed by atoms with Crippen molar-refractivity contribution in [3.05, 3.63) is 33.1 Å². The third-order valence-electron chi connectivity index (χ3n) is 2.84. The highest BCUT2D eigenvalue weighted by Crippen LogP contribution is 2.37. The molecule has 0 unspecified atom stereocenters. The quantitative estimate of drug-likeness (QED) is 0.511. The molecule has 0 spiro atoms. The van der Waals surface area contributed by atoms with E-state index < -0.39 is 52.6 Å². The van der Waals surface area contributed by atoms with Crippen LogP contribution in [0.1, 0.15) is 51.0 Å². The predicted molar refractivity (Wildman–Crippen MR) is 79.5 cm³/mol. The van der Waals surface area contributed by atoms with Crippen molar-refractivity contribution >= 4 is 33.9 Å². The van der Waals surface area contributed by atoms with Crippen molar-refractivity contribution in [1.82, 2.24) is 4.98 Å². The highest BCUT2D eigenvalue weighted by atomic mass is 79.9. The zero-order valence-electron chi connectivity index (χ0n) is 12.8. The molecule has 1 aromatic heterocycles. The number of hydrogen-bond acceptors (Lipinski definition) is 5. The van der Waals surface area contributed by atoms with Crippen molar-refractivity contribution in [2.45, 2.75) is 19.5 Å². The van der Waals surface area contributed by atoms with Crippen LogP contribution in [0.4, 0.5) is 22.0 Å². The van der Waals surface area contributed by atoms with Crippen molar-refractivity contribution in [2.75, 3.05) is 13.7 Å². The molecule has 1 rings (SSSR count). The first kappa shape index (κ1) is 21.0. The number of hydrogen-bond donors (Lipinski definition) is 0. The van der Waals surface area contributed by atoms with E-state index >= 15 is 0 Å². The summed E-state index contributed by atoms with van der Waals surface area (Å²) in [5.74, 6) is -2.84. The summed E-state index contributed by atoms with van der Waals surface area (Å²) in [7, 11) is 0.848. The van der Waals surface area contributed by atoms with Crippen molar-refractivity contribution in [1.29, 1.82) is 0 Å². The lowest BCUT2D eigenvalue weighted by Crippen LogP contribution is -2.24. The van der Waals surface area contributed by atoms with Crippen LogP contribution in [0.2, 0.25) is 0 Å². The first-order valence-electron chi connectivity index (χ1n) is 6.55. The van der Waals surface area contributed by atoms with Crippen LogP contribution >= 0.6 is 15.9 Å². The fraction of sp³-hybridized carbons (Fsp3) is 0.357. The maximum absolute atomic E-state index is 13.3. The topological polar surface area (TPSA) is 65.5 Å². The van der Waals surface area contributed by atoms with Crippen LogP contribution in [0.5, 0.6) is 0 Å². The average Bonchev–Trinajstić information content (AvgIpc) is 2.52. The molecule has 1 aromatic rings. The minimum atomic E-state index is -5.24. The molecule has 5 nitrogen and oxygen atoms in total. The number of halogens is 6. The van der Waals surface area contributed by atoms with Crippen molar-refractivity contribution in [3.63, 3.8) is 0 Å². The summed E-state index contributed by atoms with van der Waals surface area (Å²) in [6, 6.07) is 0. The lowest BCUT2D eigenvalue weighted by Gasteiger charge is -2.18. The molecule has 0 saturated heterocycles. The van der Waals surface area contributed by atoms with E-state index in [9.17, 15) is 31.5 Å². The van der Waals surface area contributed by atoms with Crippen LogP contribution in [-0.2, 0) is 15.7 Å². The molecule has 0 saturated carbocycles. The van der Waals surface area contributed by atoms with E-state index in [0.29, 0.717) is 0 Å². The number of carbonyl (C=O) groups is 2. The van der Waals surface area contributed by atoms with Crippen LogP contribution in [-0.4, -0.2) is 30.6 Å². The van der Waals surface area contributed by atoms with E-state index in [4.69, 9.17) is 0 Å². The van der Waals surface area contributed by atoms with Crippen LogP contribution in [0.15, 0.2) is 4.99 Å². The highest BCUT2D eigenvalue weighted by molar-refractivity contribution is 9.11. The number of carbonyl (C=O) groups excluding carboxylic acids is 2. The number of pyridine rings is 1. The summed E-state index contributed by atoms with van der Waals surface area (Å²) >= 11 is 2.78. The normalized spacial score (nSPS) is 11.9. The van der Waals surface area contributed by atoms with Crippen molar-refractivity contribution in [2.24, 2.45) is 0 Å². The summed E-state index contributed by atoms with van der Waals surface area (Å²) in [6.07, 6.45) is -7.93. The number of esters is 2. The Morgan fingerprint density at radius 2 is 1.84 bits per heavy atom. The van der Waals surface area contributed by atoms with E-state index in [0.717, 1.165) is 18.2 Å². The van der Waals surface area contributed by atoms with E-state index in [1.54, 1.807) is 0 Å². The second-order valence-corrected chi connectivity index (χ2v) is 4.84. The smallest absolute Gasteiger partial charge is 0.434 e. The molecule has 0 fully saturated rings. The van der Waals surface area contributed by atoms with Gasteiger partial charge in [-0.25, -0.2) is 23.4 Å². The van der Waals surface area contributed by atoms with Gasteiger partial charge in [0.1, 0.15) is 5.69 Å². The Bertz CT molecular complexity index is 703. The minimum Gasteiger partial charge on any atom is -0.465 e. The van der Waals surface area contributed by atoms with Crippen molar-refractivity contribution < 1.29 is 41.0 Å². The zero-order valence-corrected chi connectivity index (χ0v) is 14.4.